The number of methoxy groups -OCH3 is 1. The standard InChI is InChI=1S/C9H14N4O4/c1-17-3-2-12(5-9(15)16)8(14)4-13-7-10-6-11-13/h6-7H,2-5H2,1H3,(H,15,16). The lowest BCUT2D eigenvalue weighted by atomic mass is 10.4. The molecule has 0 saturated carbocycles. The van der Waals surface area contributed by atoms with Crippen LogP contribution >= 0.6 is 0 Å². The van der Waals surface area contributed by atoms with Gasteiger partial charge in [-0.15, -0.1) is 0 Å². The van der Waals surface area contributed by atoms with E-state index in [-0.39, 0.29) is 32.1 Å². The Bertz CT molecular complexity index is 365. The van der Waals surface area contributed by atoms with E-state index in [0.717, 1.165) is 0 Å². The number of carbonyl (C=O) groups is 2. The van der Waals surface area contributed by atoms with E-state index >= 15 is 0 Å². The van der Waals surface area contributed by atoms with Gasteiger partial charge in [-0.3, -0.25) is 9.59 Å². The van der Waals surface area contributed by atoms with Gasteiger partial charge in [-0.2, -0.15) is 5.10 Å². The Balaban J connectivity index is 2.55. The lowest BCUT2D eigenvalue weighted by Crippen LogP contribution is -2.40. The number of hydrogen-bond acceptors (Lipinski definition) is 5. The van der Waals surface area contributed by atoms with Gasteiger partial charge in [0.25, 0.3) is 0 Å². The first kappa shape index (κ1) is 13.1. The molecule has 0 saturated heterocycles. The van der Waals surface area contributed by atoms with Crippen LogP contribution in [0.5, 0.6) is 0 Å². The summed E-state index contributed by atoms with van der Waals surface area (Å²) >= 11 is 0. The molecular formula is C9H14N4O4. The van der Waals surface area contributed by atoms with Crippen LogP contribution in [0.25, 0.3) is 0 Å². The van der Waals surface area contributed by atoms with Crippen molar-refractivity contribution in [2.45, 2.75) is 6.54 Å². The molecular weight excluding hydrogens is 228 g/mol. The Morgan fingerprint density at radius 1 is 1.53 bits per heavy atom. The maximum absolute atomic E-state index is 11.8. The molecule has 1 rings (SSSR count). The van der Waals surface area contributed by atoms with Gasteiger partial charge in [-0.25, -0.2) is 9.67 Å². The average molecular weight is 242 g/mol. The maximum Gasteiger partial charge on any atom is 0.323 e. The Kier molecular flexibility index (Phi) is 5.08. The predicted octanol–water partition coefficient (Wildman–Crippen LogP) is -1.16. The molecule has 1 amide bonds. The zero-order valence-electron chi connectivity index (χ0n) is 9.44. The van der Waals surface area contributed by atoms with E-state index in [2.05, 4.69) is 10.1 Å². The zero-order valence-corrected chi connectivity index (χ0v) is 9.44. The quantitative estimate of drug-likeness (QED) is 0.647. The fraction of sp³-hybridized carbons (Fsp3) is 0.556. The molecule has 0 radical (unpaired) electrons. The number of rotatable bonds is 7. The van der Waals surface area contributed by atoms with Gasteiger partial charge < -0.3 is 14.7 Å². The van der Waals surface area contributed by atoms with E-state index in [1.807, 2.05) is 0 Å². The van der Waals surface area contributed by atoms with Crippen LogP contribution in [-0.4, -0.2) is 63.5 Å². The molecule has 1 N–H and O–H groups in total. The van der Waals surface area contributed by atoms with Crippen molar-refractivity contribution in [2.75, 3.05) is 26.8 Å². The Morgan fingerprint density at radius 3 is 2.82 bits per heavy atom. The molecule has 8 nitrogen and oxygen atoms in total. The number of carboxylic acids is 1. The van der Waals surface area contributed by atoms with Crippen molar-refractivity contribution in [3.05, 3.63) is 12.7 Å². The number of hydrogen-bond donors (Lipinski definition) is 1. The van der Waals surface area contributed by atoms with E-state index in [0.29, 0.717) is 0 Å². The van der Waals surface area contributed by atoms with Crippen LogP contribution in [0, 0.1) is 0 Å². The Morgan fingerprint density at radius 2 is 2.29 bits per heavy atom. The fourth-order valence-electron chi connectivity index (χ4n) is 1.21. The summed E-state index contributed by atoms with van der Waals surface area (Å²) in [6.07, 6.45) is 2.71. The van der Waals surface area contributed by atoms with Crippen LogP contribution in [0.3, 0.4) is 0 Å². The zero-order chi connectivity index (χ0) is 12.7. The number of aromatic nitrogens is 3. The third kappa shape index (κ3) is 4.60. The molecule has 0 spiro atoms. The highest BCUT2D eigenvalue weighted by Crippen LogP contribution is 1.94. The third-order valence-electron chi connectivity index (χ3n) is 2.01. The fourth-order valence-corrected chi connectivity index (χ4v) is 1.21. The van der Waals surface area contributed by atoms with Gasteiger partial charge in [-0.05, 0) is 0 Å². The minimum Gasteiger partial charge on any atom is -0.480 e. The normalized spacial score (nSPS) is 10.2. The SMILES string of the molecule is COCCN(CC(=O)O)C(=O)Cn1cncn1. The van der Waals surface area contributed by atoms with Crippen molar-refractivity contribution in [2.24, 2.45) is 0 Å². The molecule has 0 aromatic carbocycles. The summed E-state index contributed by atoms with van der Waals surface area (Å²) in [7, 11) is 1.49. The second-order valence-corrected chi connectivity index (χ2v) is 3.29. The van der Waals surface area contributed by atoms with E-state index < -0.39 is 5.97 Å². The first-order chi connectivity index (χ1) is 8.13. The molecule has 0 fully saturated rings. The smallest absolute Gasteiger partial charge is 0.323 e. The molecule has 0 atom stereocenters. The van der Waals surface area contributed by atoms with Crippen molar-refractivity contribution in [3.63, 3.8) is 0 Å². The van der Waals surface area contributed by atoms with Crippen LogP contribution in [0.4, 0.5) is 0 Å². The van der Waals surface area contributed by atoms with Gasteiger partial charge >= 0.3 is 5.97 Å². The number of aliphatic carboxylic acids is 1. The largest absolute Gasteiger partial charge is 0.480 e. The van der Waals surface area contributed by atoms with Crippen molar-refractivity contribution in [3.8, 4) is 0 Å². The topological polar surface area (TPSA) is 97.6 Å². The lowest BCUT2D eigenvalue weighted by molar-refractivity contribution is -0.145. The summed E-state index contributed by atoms with van der Waals surface area (Å²) in [5.74, 6) is -1.40. The van der Waals surface area contributed by atoms with Gasteiger partial charge in [0.2, 0.25) is 5.91 Å². The first-order valence-electron chi connectivity index (χ1n) is 4.94. The molecule has 0 unspecified atom stereocenters. The number of amides is 1. The highest BCUT2D eigenvalue weighted by molar-refractivity contribution is 5.81. The Hall–Kier alpha value is -1.96. The van der Waals surface area contributed by atoms with Crippen molar-refractivity contribution >= 4 is 11.9 Å². The molecule has 1 aromatic rings. The molecule has 8 heteroatoms. The van der Waals surface area contributed by atoms with E-state index in [9.17, 15) is 9.59 Å². The van der Waals surface area contributed by atoms with Gasteiger partial charge in [0.1, 0.15) is 25.7 Å². The van der Waals surface area contributed by atoms with Gasteiger partial charge in [0.15, 0.2) is 0 Å². The molecule has 0 bridgehead atoms. The average Bonchev–Trinajstić information content (AvgIpc) is 2.76. The summed E-state index contributed by atoms with van der Waals surface area (Å²) in [6, 6.07) is 0. The monoisotopic (exact) mass is 242 g/mol. The summed E-state index contributed by atoms with van der Waals surface area (Å²) in [5.41, 5.74) is 0. The van der Waals surface area contributed by atoms with Crippen LogP contribution in [0.15, 0.2) is 12.7 Å². The van der Waals surface area contributed by atoms with Crippen molar-refractivity contribution in [1.29, 1.82) is 0 Å². The molecule has 0 aliphatic heterocycles. The van der Waals surface area contributed by atoms with Crippen LogP contribution in [-0.2, 0) is 20.9 Å². The molecule has 17 heavy (non-hydrogen) atoms. The molecule has 0 aliphatic rings. The second-order valence-electron chi connectivity index (χ2n) is 3.29. The highest BCUT2D eigenvalue weighted by Gasteiger charge is 2.16. The van der Waals surface area contributed by atoms with Crippen molar-refractivity contribution < 1.29 is 19.4 Å². The summed E-state index contributed by atoms with van der Waals surface area (Å²) < 4.78 is 6.15. The van der Waals surface area contributed by atoms with Gasteiger partial charge in [-0.1, -0.05) is 0 Å². The number of nitrogens with zero attached hydrogens (tertiary/aromatic N) is 4. The van der Waals surface area contributed by atoms with Crippen LogP contribution in [0.1, 0.15) is 0 Å². The maximum atomic E-state index is 11.8. The summed E-state index contributed by atoms with van der Waals surface area (Å²) in [6.45, 7) is 0.139. The molecule has 0 aliphatic carbocycles. The number of ether oxygens (including phenoxy) is 1. The van der Waals surface area contributed by atoms with Crippen LogP contribution in [0.2, 0.25) is 0 Å². The van der Waals surface area contributed by atoms with E-state index in [1.165, 1.54) is 29.3 Å². The molecule has 94 valence electrons. The highest BCUT2D eigenvalue weighted by atomic mass is 16.5. The van der Waals surface area contributed by atoms with Gasteiger partial charge in [0, 0.05) is 13.7 Å². The second kappa shape index (κ2) is 6.59. The minimum atomic E-state index is -1.06. The van der Waals surface area contributed by atoms with Crippen LogP contribution < -0.4 is 0 Å². The third-order valence-corrected chi connectivity index (χ3v) is 2.01. The first-order valence-corrected chi connectivity index (χ1v) is 4.94. The molecule has 1 heterocycles. The number of carbonyl (C=O) groups excluding carboxylic acids is 1. The summed E-state index contributed by atoms with van der Waals surface area (Å²) in [4.78, 5) is 27.3. The van der Waals surface area contributed by atoms with E-state index in [1.54, 1.807) is 0 Å². The Labute approximate surface area is 97.8 Å². The van der Waals surface area contributed by atoms with E-state index in [4.69, 9.17) is 9.84 Å². The molecule has 1 aromatic heterocycles. The van der Waals surface area contributed by atoms with Gasteiger partial charge in [0.05, 0.1) is 6.61 Å². The van der Waals surface area contributed by atoms with Crippen molar-refractivity contribution in [1.82, 2.24) is 19.7 Å². The lowest BCUT2D eigenvalue weighted by Gasteiger charge is -2.19. The predicted molar refractivity (Wildman–Crippen MR) is 56.1 cm³/mol. The minimum absolute atomic E-state index is 0.0308. The summed E-state index contributed by atoms with van der Waals surface area (Å²) in [5, 5.41) is 12.5. The number of carboxylic acid groups (broad SMARTS) is 1.